The van der Waals surface area contributed by atoms with Crippen molar-refractivity contribution in [2.75, 3.05) is 30.3 Å². The molecule has 3 heterocycles. The first-order valence-electron chi connectivity index (χ1n) is 10.1. The largest absolute Gasteiger partial charge is 0.383 e. The number of rotatable bonds is 5. The Morgan fingerprint density at radius 1 is 1.24 bits per heavy atom. The van der Waals surface area contributed by atoms with Crippen LogP contribution in [0.4, 0.5) is 11.8 Å². The molecule has 0 unspecified atom stereocenters. The maximum absolute atomic E-state index is 12.6. The van der Waals surface area contributed by atoms with Gasteiger partial charge >= 0.3 is 0 Å². The molecule has 1 saturated heterocycles. The third-order valence-corrected chi connectivity index (χ3v) is 5.70. The number of nitrogens with zero attached hydrogens (tertiary/aromatic N) is 5. The molecule has 0 spiro atoms. The molecule has 4 rings (SSSR count). The van der Waals surface area contributed by atoms with E-state index in [1.807, 2.05) is 31.3 Å². The van der Waals surface area contributed by atoms with Gasteiger partial charge in [-0.3, -0.25) is 9.48 Å². The Morgan fingerprint density at radius 2 is 2.00 bits per heavy atom. The second kappa shape index (κ2) is 8.06. The highest BCUT2D eigenvalue weighted by Gasteiger charge is 2.23. The number of nitrogens with one attached hydrogen (secondary N) is 1. The van der Waals surface area contributed by atoms with E-state index in [4.69, 9.17) is 5.73 Å². The van der Waals surface area contributed by atoms with Crippen LogP contribution in [-0.4, -0.2) is 45.3 Å². The first-order chi connectivity index (χ1) is 14.1. The molecule has 1 amide bonds. The molecule has 29 heavy (non-hydrogen) atoms. The van der Waals surface area contributed by atoms with Gasteiger partial charge in [0.25, 0.3) is 5.91 Å². The van der Waals surface area contributed by atoms with Crippen LogP contribution in [0.25, 0.3) is 11.0 Å². The molecule has 8 heteroatoms. The van der Waals surface area contributed by atoms with E-state index in [1.165, 1.54) is 0 Å². The van der Waals surface area contributed by atoms with Crippen LogP contribution in [0.5, 0.6) is 0 Å². The fraction of sp³-hybridized carbons (Fsp3) is 0.429. The van der Waals surface area contributed by atoms with Gasteiger partial charge in [-0.15, -0.1) is 0 Å². The molecule has 8 nitrogen and oxygen atoms in total. The number of aromatic nitrogens is 4. The van der Waals surface area contributed by atoms with Gasteiger partial charge in [-0.2, -0.15) is 15.1 Å². The SMILES string of the molecule is CCc1ccccc1C(=O)NCC1CCN(c2nc(N)c3cnn(C)c3n2)CC1. The van der Waals surface area contributed by atoms with Crippen molar-refractivity contribution >= 4 is 28.7 Å². The van der Waals surface area contributed by atoms with Crippen LogP contribution < -0.4 is 16.0 Å². The molecule has 3 N–H and O–H groups in total. The number of aryl methyl sites for hydroxylation is 2. The van der Waals surface area contributed by atoms with Gasteiger partial charge in [-0.25, -0.2) is 0 Å². The fourth-order valence-corrected chi connectivity index (χ4v) is 3.89. The predicted octanol–water partition coefficient (Wildman–Crippen LogP) is 2.15. The van der Waals surface area contributed by atoms with E-state index in [-0.39, 0.29) is 5.91 Å². The molecule has 1 aromatic carbocycles. The summed E-state index contributed by atoms with van der Waals surface area (Å²) in [4.78, 5) is 23.8. The quantitative estimate of drug-likeness (QED) is 0.689. The number of hydrogen-bond acceptors (Lipinski definition) is 6. The summed E-state index contributed by atoms with van der Waals surface area (Å²) in [5.41, 5.74) is 8.69. The van der Waals surface area contributed by atoms with Crippen LogP contribution in [0.3, 0.4) is 0 Å². The second-order valence-corrected chi connectivity index (χ2v) is 7.57. The normalized spacial score (nSPS) is 15.0. The summed E-state index contributed by atoms with van der Waals surface area (Å²) in [6, 6.07) is 7.80. The third kappa shape index (κ3) is 3.87. The van der Waals surface area contributed by atoms with Gasteiger partial charge in [-0.05, 0) is 36.8 Å². The number of anilines is 2. The number of benzene rings is 1. The molecule has 0 bridgehead atoms. The lowest BCUT2D eigenvalue weighted by atomic mass is 9.96. The first kappa shape index (κ1) is 19.2. The molecular weight excluding hydrogens is 366 g/mol. The van der Waals surface area contributed by atoms with E-state index >= 15 is 0 Å². The minimum absolute atomic E-state index is 0.0163. The van der Waals surface area contributed by atoms with Crippen LogP contribution >= 0.6 is 0 Å². The minimum Gasteiger partial charge on any atom is -0.383 e. The number of amides is 1. The average molecular weight is 393 g/mol. The zero-order valence-corrected chi connectivity index (χ0v) is 16.9. The molecule has 1 fully saturated rings. The van der Waals surface area contributed by atoms with Gasteiger partial charge < -0.3 is 16.0 Å². The highest BCUT2D eigenvalue weighted by atomic mass is 16.1. The van der Waals surface area contributed by atoms with Gasteiger partial charge in [-0.1, -0.05) is 25.1 Å². The van der Waals surface area contributed by atoms with E-state index in [0.29, 0.717) is 24.2 Å². The highest BCUT2D eigenvalue weighted by Crippen LogP contribution is 2.24. The smallest absolute Gasteiger partial charge is 0.251 e. The zero-order valence-electron chi connectivity index (χ0n) is 16.9. The van der Waals surface area contributed by atoms with Crippen LogP contribution in [0, 0.1) is 5.92 Å². The molecule has 3 aromatic rings. The maximum Gasteiger partial charge on any atom is 0.251 e. The number of carbonyl (C=O) groups is 1. The van der Waals surface area contributed by atoms with Crippen molar-refractivity contribution in [3.8, 4) is 0 Å². The van der Waals surface area contributed by atoms with Gasteiger partial charge in [0.05, 0.1) is 11.6 Å². The van der Waals surface area contributed by atoms with Crippen molar-refractivity contribution in [1.82, 2.24) is 25.1 Å². The van der Waals surface area contributed by atoms with Crippen LogP contribution in [0.1, 0.15) is 35.7 Å². The lowest BCUT2D eigenvalue weighted by Crippen LogP contribution is -2.39. The Balaban J connectivity index is 1.35. The third-order valence-electron chi connectivity index (χ3n) is 5.70. The summed E-state index contributed by atoms with van der Waals surface area (Å²) in [5, 5.41) is 8.10. The van der Waals surface area contributed by atoms with Crippen LogP contribution in [0.2, 0.25) is 0 Å². The monoisotopic (exact) mass is 393 g/mol. The molecule has 1 aliphatic heterocycles. The van der Waals surface area contributed by atoms with Gasteiger partial charge in [0.1, 0.15) is 5.82 Å². The average Bonchev–Trinajstić information content (AvgIpc) is 3.13. The van der Waals surface area contributed by atoms with E-state index in [1.54, 1.807) is 10.9 Å². The Morgan fingerprint density at radius 3 is 2.76 bits per heavy atom. The van der Waals surface area contributed by atoms with E-state index in [9.17, 15) is 4.79 Å². The Labute approximate surface area is 170 Å². The molecule has 152 valence electrons. The van der Waals surface area contributed by atoms with E-state index in [0.717, 1.165) is 54.5 Å². The van der Waals surface area contributed by atoms with Crippen molar-refractivity contribution in [3.63, 3.8) is 0 Å². The fourth-order valence-electron chi connectivity index (χ4n) is 3.89. The number of nitrogens with two attached hydrogens (primary N) is 1. The minimum atomic E-state index is 0.0163. The van der Waals surface area contributed by atoms with Crippen molar-refractivity contribution < 1.29 is 4.79 Å². The number of nitrogen functional groups attached to an aromatic ring is 1. The summed E-state index contributed by atoms with van der Waals surface area (Å²) >= 11 is 0. The topological polar surface area (TPSA) is 102 Å². The lowest BCUT2D eigenvalue weighted by molar-refractivity contribution is 0.0944. The number of carbonyl (C=O) groups excluding carboxylic acids is 1. The summed E-state index contributed by atoms with van der Waals surface area (Å²) < 4.78 is 1.72. The zero-order chi connectivity index (χ0) is 20.4. The first-order valence-corrected chi connectivity index (χ1v) is 10.1. The second-order valence-electron chi connectivity index (χ2n) is 7.57. The van der Waals surface area contributed by atoms with Crippen molar-refractivity contribution in [2.45, 2.75) is 26.2 Å². The Hall–Kier alpha value is -3.16. The summed E-state index contributed by atoms with van der Waals surface area (Å²) in [6.45, 7) is 4.44. The lowest BCUT2D eigenvalue weighted by Gasteiger charge is -2.32. The van der Waals surface area contributed by atoms with Gasteiger partial charge in [0.2, 0.25) is 5.95 Å². The van der Waals surface area contributed by atoms with Crippen molar-refractivity contribution in [2.24, 2.45) is 13.0 Å². The standard InChI is InChI=1S/C21H27N7O/c1-3-15-6-4-5-7-16(15)20(29)23-12-14-8-10-28(11-9-14)21-25-18(22)17-13-24-27(2)19(17)26-21/h4-7,13-14H,3,8-12H2,1-2H3,(H,23,29)(H2,22,25,26). The maximum atomic E-state index is 12.6. The summed E-state index contributed by atoms with van der Waals surface area (Å²) in [6.07, 6.45) is 4.50. The molecular formula is C21H27N7O. The van der Waals surface area contributed by atoms with Crippen LogP contribution in [-0.2, 0) is 13.5 Å². The predicted molar refractivity (Wildman–Crippen MR) is 114 cm³/mol. The van der Waals surface area contributed by atoms with Crippen molar-refractivity contribution in [1.29, 1.82) is 0 Å². The summed E-state index contributed by atoms with van der Waals surface area (Å²) in [5.74, 6) is 1.57. The van der Waals surface area contributed by atoms with E-state index < -0.39 is 0 Å². The molecule has 0 atom stereocenters. The number of hydrogen-bond donors (Lipinski definition) is 2. The highest BCUT2D eigenvalue weighted by molar-refractivity contribution is 5.95. The van der Waals surface area contributed by atoms with Crippen LogP contribution in [0.15, 0.2) is 30.5 Å². The number of piperidine rings is 1. The van der Waals surface area contributed by atoms with Gasteiger partial charge in [0.15, 0.2) is 5.65 Å². The molecule has 2 aromatic heterocycles. The van der Waals surface area contributed by atoms with Gasteiger partial charge in [0, 0.05) is 32.2 Å². The Bertz CT molecular complexity index is 1020. The summed E-state index contributed by atoms with van der Waals surface area (Å²) in [7, 11) is 1.85. The molecule has 0 aliphatic carbocycles. The number of fused-ring (bicyclic) bond motifs is 1. The van der Waals surface area contributed by atoms with Crippen molar-refractivity contribution in [3.05, 3.63) is 41.6 Å². The van der Waals surface area contributed by atoms with E-state index in [2.05, 4.69) is 32.2 Å². The molecule has 0 saturated carbocycles. The Kier molecular flexibility index (Phi) is 5.33. The molecule has 0 radical (unpaired) electrons. The molecule has 1 aliphatic rings.